The van der Waals surface area contributed by atoms with Crippen LogP contribution in [0.4, 0.5) is 0 Å². The lowest BCUT2D eigenvalue weighted by atomic mass is 10.2. The number of hydrogen-bond acceptors (Lipinski definition) is 4. The van der Waals surface area contributed by atoms with Gasteiger partial charge in [-0.1, -0.05) is 6.92 Å². The molecule has 1 aliphatic heterocycles. The van der Waals surface area contributed by atoms with Crippen LogP contribution in [0.5, 0.6) is 0 Å². The lowest BCUT2D eigenvalue weighted by molar-refractivity contribution is 0.0697. The molecule has 2 aromatic heterocycles. The molecule has 6 heteroatoms. The van der Waals surface area contributed by atoms with Crippen molar-refractivity contribution in [1.29, 1.82) is 0 Å². The Hall–Kier alpha value is -1.40. The van der Waals surface area contributed by atoms with Crippen LogP contribution in [0.1, 0.15) is 35.1 Å². The fourth-order valence-electron chi connectivity index (χ4n) is 3.05. The average molecular weight is 306 g/mol. The van der Waals surface area contributed by atoms with Gasteiger partial charge in [-0.15, -0.1) is 11.3 Å². The highest BCUT2D eigenvalue weighted by Gasteiger charge is 2.28. The van der Waals surface area contributed by atoms with Crippen molar-refractivity contribution in [1.82, 2.24) is 20.0 Å². The van der Waals surface area contributed by atoms with Crippen molar-refractivity contribution in [3.05, 3.63) is 16.6 Å². The minimum absolute atomic E-state index is 0.172. The van der Waals surface area contributed by atoms with Gasteiger partial charge in [0.15, 0.2) is 0 Å². The van der Waals surface area contributed by atoms with Crippen LogP contribution in [0.25, 0.3) is 10.2 Å². The van der Waals surface area contributed by atoms with Gasteiger partial charge in [0.1, 0.15) is 4.83 Å². The molecule has 114 valence electrons. The Balaban J connectivity index is 1.91. The molecular weight excluding hydrogens is 284 g/mol. The van der Waals surface area contributed by atoms with Gasteiger partial charge in [0.2, 0.25) is 0 Å². The summed E-state index contributed by atoms with van der Waals surface area (Å²) in [5.74, 6) is 0.172. The molecule has 2 aromatic rings. The molecule has 0 bridgehead atoms. The average Bonchev–Trinajstić information content (AvgIpc) is 3.16. The molecule has 3 rings (SSSR count). The Morgan fingerprint density at radius 1 is 1.62 bits per heavy atom. The largest absolute Gasteiger partial charge is 0.334 e. The monoisotopic (exact) mass is 306 g/mol. The SMILES string of the molecule is CCCN(C(=O)c1cc2c(C)nn(C)c2s1)C1CCNC1. The second-order valence-electron chi connectivity index (χ2n) is 5.68. The Bertz CT molecular complexity index is 619. The molecule has 0 aliphatic carbocycles. The van der Waals surface area contributed by atoms with Crippen molar-refractivity contribution < 1.29 is 4.79 Å². The second-order valence-corrected chi connectivity index (χ2v) is 6.71. The summed E-state index contributed by atoms with van der Waals surface area (Å²) in [6, 6.07) is 2.34. The third-order valence-electron chi connectivity index (χ3n) is 4.11. The van der Waals surface area contributed by atoms with Crippen molar-refractivity contribution in [2.75, 3.05) is 19.6 Å². The Morgan fingerprint density at radius 3 is 3.05 bits per heavy atom. The van der Waals surface area contributed by atoms with E-state index in [2.05, 4.69) is 17.3 Å². The molecule has 1 N–H and O–H groups in total. The summed E-state index contributed by atoms with van der Waals surface area (Å²) >= 11 is 1.55. The highest BCUT2D eigenvalue weighted by atomic mass is 32.1. The molecule has 0 saturated carbocycles. The molecule has 1 amide bonds. The zero-order valence-corrected chi connectivity index (χ0v) is 13.7. The summed E-state index contributed by atoms with van der Waals surface area (Å²) < 4.78 is 1.87. The zero-order valence-electron chi connectivity index (χ0n) is 12.8. The van der Waals surface area contributed by atoms with Crippen LogP contribution in [0.2, 0.25) is 0 Å². The summed E-state index contributed by atoms with van der Waals surface area (Å²) in [5, 5.41) is 8.86. The minimum atomic E-state index is 0.172. The van der Waals surface area contributed by atoms with Crippen molar-refractivity contribution in [2.45, 2.75) is 32.7 Å². The van der Waals surface area contributed by atoms with Gasteiger partial charge in [-0.05, 0) is 32.4 Å². The number of aromatic nitrogens is 2. The zero-order chi connectivity index (χ0) is 15.0. The van der Waals surface area contributed by atoms with Crippen molar-refractivity contribution >= 4 is 27.5 Å². The molecule has 0 radical (unpaired) electrons. The molecule has 21 heavy (non-hydrogen) atoms. The fraction of sp³-hybridized carbons (Fsp3) is 0.600. The van der Waals surface area contributed by atoms with Crippen LogP contribution in [0.3, 0.4) is 0 Å². The predicted molar refractivity (Wildman–Crippen MR) is 85.9 cm³/mol. The summed E-state index contributed by atoms with van der Waals surface area (Å²) in [5.41, 5.74) is 0.993. The summed E-state index contributed by atoms with van der Waals surface area (Å²) in [6.07, 6.45) is 2.05. The van der Waals surface area contributed by atoms with E-state index < -0.39 is 0 Å². The highest BCUT2D eigenvalue weighted by Crippen LogP contribution is 2.29. The Kier molecular flexibility index (Phi) is 3.99. The molecule has 1 aliphatic rings. The lowest BCUT2D eigenvalue weighted by Crippen LogP contribution is -2.41. The third-order valence-corrected chi connectivity index (χ3v) is 5.30. The van der Waals surface area contributed by atoms with E-state index >= 15 is 0 Å². The van der Waals surface area contributed by atoms with Gasteiger partial charge in [-0.3, -0.25) is 9.48 Å². The topological polar surface area (TPSA) is 50.2 Å². The minimum Gasteiger partial charge on any atom is -0.334 e. The van der Waals surface area contributed by atoms with Crippen molar-refractivity contribution in [2.24, 2.45) is 7.05 Å². The molecule has 1 unspecified atom stereocenters. The molecular formula is C15H22N4OS. The number of rotatable bonds is 4. The second kappa shape index (κ2) is 5.77. The van der Waals surface area contributed by atoms with Gasteiger partial charge in [0, 0.05) is 31.6 Å². The molecule has 1 atom stereocenters. The first kappa shape index (κ1) is 14.5. The molecule has 5 nitrogen and oxygen atoms in total. The number of carbonyl (C=O) groups excluding carboxylic acids is 1. The van der Waals surface area contributed by atoms with E-state index in [0.717, 1.165) is 53.3 Å². The summed E-state index contributed by atoms with van der Waals surface area (Å²) in [7, 11) is 1.94. The number of nitrogens with zero attached hydrogens (tertiary/aromatic N) is 3. The maximum atomic E-state index is 12.9. The van der Waals surface area contributed by atoms with Crippen LogP contribution >= 0.6 is 11.3 Å². The Labute approximate surface area is 128 Å². The Morgan fingerprint density at radius 2 is 2.43 bits per heavy atom. The fourth-order valence-corrected chi connectivity index (χ4v) is 4.13. The number of carbonyl (C=O) groups is 1. The summed E-state index contributed by atoms with van der Waals surface area (Å²) in [6.45, 7) is 6.87. The standard InChI is InChI=1S/C15H22N4OS/c1-4-7-19(11-5-6-16-9-11)14(20)13-8-12-10(2)17-18(3)15(12)21-13/h8,11,16H,4-7,9H2,1-3H3. The highest BCUT2D eigenvalue weighted by molar-refractivity contribution is 7.20. The van der Waals surface area contributed by atoms with Gasteiger partial charge in [0.05, 0.1) is 10.6 Å². The first-order valence-corrected chi connectivity index (χ1v) is 8.38. The molecule has 1 fully saturated rings. The number of aryl methyl sites for hydroxylation is 2. The third kappa shape index (κ3) is 2.58. The number of amides is 1. The van der Waals surface area contributed by atoms with Crippen LogP contribution in [0.15, 0.2) is 6.07 Å². The molecule has 0 spiro atoms. The number of nitrogens with one attached hydrogen (secondary N) is 1. The number of thiophene rings is 1. The van der Waals surface area contributed by atoms with Gasteiger partial charge < -0.3 is 10.2 Å². The summed E-state index contributed by atoms with van der Waals surface area (Å²) in [4.78, 5) is 16.9. The number of hydrogen-bond donors (Lipinski definition) is 1. The quantitative estimate of drug-likeness (QED) is 0.942. The van der Waals surface area contributed by atoms with E-state index in [9.17, 15) is 4.79 Å². The molecule has 0 aromatic carbocycles. The maximum Gasteiger partial charge on any atom is 0.264 e. The van der Waals surface area contributed by atoms with Crippen LogP contribution in [-0.4, -0.2) is 46.3 Å². The first-order valence-electron chi connectivity index (χ1n) is 7.56. The van der Waals surface area contributed by atoms with E-state index in [-0.39, 0.29) is 5.91 Å². The maximum absolute atomic E-state index is 12.9. The van der Waals surface area contributed by atoms with Gasteiger partial charge in [-0.25, -0.2) is 0 Å². The van der Waals surface area contributed by atoms with Gasteiger partial charge >= 0.3 is 0 Å². The van der Waals surface area contributed by atoms with Crippen LogP contribution in [0, 0.1) is 6.92 Å². The lowest BCUT2D eigenvalue weighted by Gasteiger charge is -2.27. The van der Waals surface area contributed by atoms with E-state index in [1.165, 1.54) is 0 Å². The normalized spacial score (nSPS) is 18.5. The number of fused-ring (bicyclic) bond motifs is 1. The smallest absolute Gasteiger partial charge is 0.264 e. The van der Waals surface area contributed by atoms with E-state index in [1.54, 1.807) is 11.3 Å². The van der Waals surface area contributed by atoms with E-state index in [1.807, 2.05) is 29.6 Å². The van der Waals surface area contributed by atoms with Crippen LogP contribution < -0.4 is 5.32 Å². The van der Waals surface area contributed by atoms with E-state index in [0.29, 0.717) is 6.04 Å². The van der Waals surface area contributed by atoms with E-state index in [4.69, 9.17) is 0 Å². The van der Waals surface area contributed by atoms with Gasteiger partial charge in [-0.2, -0.15) is 5.10 Å². The van der Waals surface area contributed by atoms with Crippen molar-refractivity contribution in [3.8, 4) is 0 Å². The molecule has 1 saturated heterocycles. The first-order chi connectivity index (χ1) is 10.1. The predicted octanol–water partition coefficient (Wildman–Crippen LogP) is 2.16. The van der Waals surface area contributed by atoms with Gasteiger partial charge in [0.25, 0.3) is 5.91 Å². The van der Waals surface area contributed by atoms with Crippen molar-refractivity contribution in [3.63, 3.8) is 0 Å². The van der Waals surface area contributed by atoms with Crippen LogP contribution in [-0.2, 0) is 7.05 Å². The molecule has 3 heterocycles.